The summed E-state index contributed by atoms with van der Waals surface area (Å²) in [5.74, 6) is -0.220. The van der Waals surface area contributed by atoms with Crippen molar-refractivity contribution in [2.24, 2.45) is 11.3 Å². The average Bonchev–Trinajstić information content (AvgIpc) is 2.59. The van der Waals surface area contributed by atoms with Crippen molar-refractivity contribution < 1.29 is 19.4 Å². The van der Waals surface area contributed by atoms with Gasteiger partial charge in [-0.3, -0.25) is 4.79 Å². The number of ether oxygens (including phenoxy) is 1. The van der Waals surface area contributed by atoms with Gasteiger partial charge in [0.15, 0.2) is 0 Å². The number of hydrogen-bond donors (Lipinski definition) is 2. The Morgan fingerprint density at radius 3 is 2.48 bits per heavy atom. The van der Waals surface area contributed by atoms with Gasteiger partial charge in [0.05, 0.1) is 5.41 Å². The normalized spacial score (nSPS) is 24.0. The minimum absolute atomic E-state index is 0.131. The molecule has 1 saturated carbocycles. The number of aliphatic carboxylic acids is 1. The van der Waals surface area contributed by atoms with Crippen molar-refractivity contribution in [1.82, 2.24) is 5.32 Å². The molecule has 0 atom stereocenters. The van der Waals surface area contributed by atoms with Gasteiger partial charge in [-0.05, 0) is 37.2 Å². The molecule has 0 aromatic heterocycles. The van der Waals surface area contributed by atoms with Crippen LogP contribution in [-0.2, 0) is 16.1 Å². The number of carbonyl (C=O) groups excluding carboxylic acids is 1. The molecular formula is C18H25NO4. The van der Waals surface area contributed by atoms with Crippen LogP contribution >= 0.6 is 0 Å². The molecule has 1 aliphatic rings. The summed E-state index contributed by atoms with van der Waals surface area (Å²) in [5, 5.41) is 12.2. The van der Waals surface area contributed by atoms with Crippen LogP contribution in [-0.4, -0.2) is 23.7 Å². The molecule has 5 nitrogen and oxygen atoms in total. The molecule has 5 heteroatoms. The molecule has 0 radical (unpaired) electrons. The molecule has 1 aromatic carbocycles. The molecular weight excluding hydrogens is 294 g/mol. The summed E-state index contributed by atoms with van der Waals surface area (Å²) < 4.78 is 5.14. The van der Waals surface area contributed by atoms with Gasteiger partial charge in [0.2, 0.25) is 0 Å². The number of nitrogens with one attached hydrogen (secondary N) is 1. The Morgan fingerprint density at radius 1 is 1.26 bits per heavy atom. The molecule has 1 aliphatic carbocycles. The smallest absolute Gasteiger partial charge is 0.407 e. The highest BCUT2D eigenvalue weighted by Crippen LogP contribution is 2.40. The van der Waals surface area contributed by atoms with Gasteiger partial charge in [-0.15, -0.1) is 0 Å². The topological polar surface area (TPSA) is 75.6 Å². The van der Waals surface area contributed by atoms with Crippen molar-refractivity contribution >= 4 is 12.1 Å². The first-order valence-corrected chi connectivity index (χ1v) is 8.23. The van der Waals surface area contributed by atoms with E-state index in [1.807, 2.05) is 30.3 Å². The van der Waals surface area contributed by atoms with E-state index in [4.69, 9.17) is 4.74 Å². The predicted octanol–water partition coefficient (Wildman–Crippen LogP) is 3.58. The highest BCUT2D eigenvalue weighted by Gasteiger charge is 2.41. The van der Waals surface area contributed by atoms with Crippen LogP contribution in [0.3, 0.4) is 0 Å². The molecule has 2 rings (SSSR count). The third kappa shape index (κ3) is 4.71. The lowest BCUT2D eigenvalue weighted by Gasteiger charge is -2.36. The summed E-state index contributed by atoms with van der Waals surface area (Å²) >= 11 is 0. The zero-order valence-corrected chi connectivity index (χ0v) is 13.6. The lowest BCUT2D eigenvalue weighted by atomic mass is 9.70. The lowest BCUT2D eigenvalue weighted by molar-refractivity contribution is -0.151. The van der Waals surface area contributed by atoms with Crippen LogP contribution in [0.15, 0.2) is 30.3 Å². The summed E-state index contributed by atoms with van der Waals surface area (Å²) in [6.07, 6.45) is 3.56. The quantitative estimate of drug-likeness (QED) is 0.840. The first kappa shape index (κ1) is 17.3. The molecule has 23 heavy (non-hydrogen) atoms. The van der Waals surface area contributed by atoms with E-state index in [2.05, 4.69) is 12.2 Å². The molecule has 0 spiro atoms. The largest absolute Gasteiger partial charge is 0.481 e. The van der Waals surface area contributed by atoms with Gasteiger partial charge in [-0.2, -0.15) is 0 Å². The van der Waals surface area contributed by atoms with Crippen LogP contribution < -0.4 is 5.32 Å². The Hall–Kier alpha value is -2.04. The Balaban J connectivity index is 1.82. The predicted molar refractivity (Wildman–Crippen MR) is 86.9 cm³/mol. The number of benzene rings is 1. The van der Waals surface area contributed by atoms with E-state index in [9.17, 15) is 14.7 Å². The Morgan fingerprint density at radius 2 is 1.91 bits per heavy atom. The van der Waals surface area contributed by atoms with E-state index in [-0.39, 0.29) is 13.2 Å². The maximum atomic E-state index is 11.8. The Labute approximate surface area is 137 Å². The van der Waals surface area contributed by atoms with E-state index >= 15 is 0 Å². The number of carboxylic acids is 1. The van der Waals surface area contributed by atoms with Crippen LogP contribution in [0.1, 0.15) is 44.6 Å². The third-order valence-corrected chi connectivity index (χ3v) is 4.88. The fourth-order valence-corrected chi connectivity index (χ4v) is 3.12. The van der Waals surface area contributed by atoms with Crippen molar-refractivity contribution in [2.75, 3.05) is 6.54 Å². The summed E-state index contributed by atoms with van der Waals surface area (Å²) in [6.45, 7) is 2.45. The van der Waals surface area contributed by atoms with Crippen LogP contribution in [0.2, 0.25) is 0 Å². The van der Waals surface area contributed by atoms with Crippen LogP contribution in [0, 0.1) is 11.3 Å². The van der Waals surface area contributed by atoms with Crippen molar-refractivity contribution in [3.8, 4) is 0 Å². The molecule has 0 heterocycles. The fraction of sp³-hybridized carbons (Fsp3) is 0.556. The highest BCUT2D eigenvalue weighted by molar-refractivity contribution is 5.76. The number of hydrogen-bond acceptors (Lipinski definition) is 3. The molecule has 0 aliphatic heterocycles. The van der Waals surface area contributed by atoms with Gasteiger partial charge in [0.1, 0.15) is 6.61 Å². The van der Waals surface area contributed by atoms with Gasteiger partial charge in [0, 0.05) is 6.54 Å². The molecule has 0 unspecified atom stereocenters. The lowest BCUT2D eigenvalue weighted by Crippen LogP contribution is -2.45. The average molecular weight is 319 g/mol. The number of amides is 1. The minimum atomic E-state index is -0.850. The zero-order valence-electron chi connectivity index (χ0n) is 13.6. The molecule has 2 N–H and O–H groups in total. The second kappa shape index (κ2) is 7.99. The Kier molecular flexibility index (Phi) is 6.02. The van der Waals surface area contributed by atoms with Crippen molar-refractivity contribution in [1.29, 1.82) is 0 Å². The van der Waals surface area contributed by atoms with Gasteiger partial charge >= 0.3 is 12.1 Å². The van der Waals surface area contributed by atoms with E-state index in [0.717, 1.165) is 24.8 Å². The first-order chi connectivity index (χ1) is 11.1. The van der Waals surface area contributed by atoms with Crippen molar-refractivity contribution in [3.63, 3.8) is 0 Å². The number of carboxylic acid groups (broad SMARTS) is 1. The zero-order chi connectivity index (χ0) is 16.7. The molecule has 0 bridgehead atoms. The van der Waals surface area contributed by atoms with Crippen molar-refractivity contribution in [3.05, 3.63) is 35.9 Å². The second-order valence-corrected chi connectivity index (χ2v) is 6.35. The fourth-order valence-electron chi connectivity index (χ4n) is 3.12. The summed E-state index contributed by atoms with van der Waals surface area (Å²) in [5.41, 5.74) is 0.0521. The molecule has 1 amide bonds. The van der Waals surface area contributed by atoms with E-state index in [1.165, 1.54) is 0 Å². The van der Waals surface area contributed by atoms with Crippen molar-refractivity contribution in [2.45, 2.75) is 45.6 Å². The minimum Gasteiger partial charge on any atom is -0.481 e. The summed E-state index contributed by atoms with van der Waals surface area (Å²) in [7, 11) is 0. The van der Waals surface area contributed by atoms with Crippen LogP contribution in [0.25, 0.3) is 0 Å². The number of alkyl carbamates (subject to hydrolysis) is 1. The maximum Gasteiger partial charge on any atom is 0.407 e. The Bertz CT molecular complexity index is 521. The van der Waals surface area contributed by atoms with E-state index in [0.29, 0.717) is 18.8 Å². The molecule has 1 aromatic rings. The van der Waals surface area contributed by atoms with Gasteiger partial charge < -0.3 is 15.2 Å². The first-order valence-electron chi connectivity index (χ1n) is 8.23. The van der Waals surface area contributed by atoms with Crippen LogP contribution in [0.5, 0.6) is 0 Å². The van der Waals surface area contributed by atoms with Gasteiger partial charge in [0.25, 0.3) is 0 Å². The highest BCUT2D eigenvalue weighted by atomic mass is 16.5. The number of rotatable bonds is 6. The molecule has 1 fully saturated rings. The van der Waals surface area contributed by atoms with Gasteiger partial charge in [-0.25, -0.2) is 4.79 Å². The molecule has 0 saturated heterocycles. The third-order valence-electron chi connectivity index (χ3n) is 4.88. The summed E-state index contributed by atoms with van der Waals surface area (Å²) in [4.78, 5) is 23.5. The van der Waals surface area contributed by atoms with E-state index < -0.39 is 17.5 Å². The monoisotopic (exact) mass is 319 g/mol. The second-order valence-electron chi connectivity index (χ2n) is 6.35. The molecule has 126 valence electrons. The van der Waals surface area contributed by atoms with Gasteiger partial charge in [-0.1, -0.05) is 43.7 Å². The van der Waals surface area contributed by atoms with E-state index in [1.54, 1.807) is 0 Å². The SMILES string of the molecule is CC[C@H]1CC[C@@](CNC(=O)OCc2ccccc2)(C(=O)O)CC1. The van der Waals surface area contributed by atoms with Crippen LogP contribution in [0.4, 0.5) is 4.79 Å². The number of carbonyl (C=O) groups is 2. The maximum absolute atomic E-state index is 11.8. The standard InChI is InChI=1S/C18H25NO4/c1-2-14-8-10-18(11-9-14,16(20)21)13-19-17(22)23-12-15-6-4-3-5-7-15/h3-7,14H,2,8-13H2,1H3,(H,19,22)(H,20,21)/t14-,18+. The summed E-state index contributed by atoms with van der Waals surface area (Å²) in [6, 6.07) is 9.40.